The van der Waals surface area contributed by atoms with Gasteiger partial charge in [-0.05, 0) is 42.3 Å². The van der Waals surface area contributed by atoms with Gasteiger partial charge in [-0.15, -0.1) is 0 Å². The molecule has 4 rings (SSSR count). The average Bonchev–Trinajstić information content (AvgIpc) is 2.95. The van der Waals surface area contributed by atoms with Crippen molar-refractivity contribution in [2.24, 2.45) is 0 Å². The summed E-state index contributed by atoms with van der Waals surface area (Å²) >= 11 is 0. The van der Waals surface area contributed by atoms with Crippen LogP contribution in [-0.4, -0.2) is 24.2 Å². The van der Waals surface area contributed by atoms with Gasteiger partial charge in [-0.3, -0.25) is 0 Å². The Bertz CT molecular complexity index is 1030. The van der Waals surface area contributed by atoms with Crippen LogP contribution in [0.15, 0.2) is 83.9 Å². The molecule has 162 valence electrons. The number of allylic oxidation sites excluding steroid dienone is 2. The van der Waals surface area contributed by atoms with Gasteiger partial charge in [0, 0.05) is 25.9 Å². The summed E-state index contributed by atoms with van der Waals surface area (Å²) < 4.78 is 31.6. The van der Waals surface area contributed by atoms with Crippen molar-refractivity contribution >= 4 is 15.8 Å². The molecule has 1 aliphatic heterocycles. The zero-order valence-corrected chi connectivity index (χ0v) is 18.3. The van der Waals surface area contributed by atoms with Gasteiger partial charge in [0.05, 0.1) is 0 Å². The number of rotatable bonds is 6. The monoisotopic (exact) mass is 437 g/mol. The fourth-order valence-electron chi connectivity index (χ4n) is 4.25. The molecule has 0 radical (unpaired) electrons. The highest BCUT2D eigenvalue weighted by atomic mass is 32.2. The predicted octanol–water partition coefficient (Wildman–Crippen LogP) is 4.72. The van der Waals surface area contributed by atoms with Gasteiger partial charge in [0.1, 0.15) is 0 Å². The van der Waals surface area contributed by atoms with Gasteiger partial charge in [0.2, 0.25) is 14.8 Å². The van der Waals surface area contributed by atoms with Crippen LogP contribution in [0.3, 0.4) is 0 Å². The molecule has 0 aromatic heterocycles. The third-order valence-corrected chi connectivity index (χ3v) is 8.23. The van der Waals surface area contributed by atoms with Gasteiger partial charge in [0.25, 0.3) is 0 Å². The molecule has 1 aliphatic carbocycles. The number of carbonyl (C=O) groups excluding carboxylic acids is 1. The molecule has 1 saturated heterocycles. The number of hydrogen-bond acceptors (Lipinski definition) is 5. The van der Waals surface area contributed by atoms with E-state index in [1.807, 2.05) is 42.6 Å². The molecule has 0 amide bonds. The standard InChI is InChI=1S/C25H27NO4S/c27-24-23(31(28,29)25(30-24)16-8-3-9-17-25)15-10-18-26(19-21-11-4-1-5-12-21)20-22-13-6-2-7-14-22/h1-2,4-7,10-15,18H,3,8-9,16-17,19-20H2/b18-10+,23-15+. The number of hydrogen-bond donors (Lipinski definition) is 0. The van der Waals surface area contributed by atoms with Crippen molar-refractivity contribution in [2.45, 2.75) is 50.1 Å². The Balaban J connectivity index is 1.56. The van der Waals surface area contributed by atoms with E-state index in [0.29, 0.717) is 25.9 Å². The lowest BCUT2D eigenvalue weighted by Crippen LogP contribution is -2.38. The number of benzene rings is 2. The van der Waals surface area contributed by atoms with Crippen molar-refractivity contribution < 1.29 is 17.9 Å². The van der Waals surface area contributed by atoms with E-state index in [4.69, 9.17) is 4.74 Å². The molecule has 0 bridgehead atoms. The van der Waals surface area contributed by atoms with Crippen LogP contribution in [0.25, 0.3) is 0 Å². The summed E-state index contributed by atoms with van der Waals surface area (Å²) in [4.78, 5) is 12.9. The predicted molar refractivity (Wildman–Crippen MR) is 120 cm³/mol. The molecular formula is C25H27NO4S. The zero-order chi connectivity index (χ0) is 21.7. The van der Waals surface area contributed by atoms with Gasteiger partial charge in [-0.1, -0.05) is 67.1 Å². The molecule has 2 fully saturated rings. The molecule has 0 atom stereocenters. The second-order valence-electron chi connectivity index (χ2n) is 8.11. The third kappa shape index (κ3) is 4.59. The highest BCUT2D eigenvalue weighted by Gasteiger charge is 2.57. The number of carbonyl (C=O) groups is 1. The lowest BCUT2D eigenvalue weighted by atomic mass is 9.97. The van der Waals surface area contributed by atoms with E-state index in [2.05, 4.69) is 29.2 Å². The highest BCUT2D eigenvalue weighted by Crippen LogP contribution is 2.45. The highest BCUT2D eigenvalue weighted by molar-refractivity contribution is 7.97. The first-order valence-corrected chi connectivity index (χ1v) is 12.2. The maximum atomic E-state index is 13.1. The maximum absolute atomic E-state index is 13.1. The van der Waals surface area contributed by atoms with E-state index >= 15 is 0 Å². The van der Waals surface area contributed by atoms with Crippen LogP contribution in [0.4, 0.5) is 0 Å². The Labute approximate surface area is 184 Å². The quantitative estimate of drug-likeness (QED) is 0.483. The van der Waals surface area contributed by atoms with Crippen LogP contribution in [0.2, 0.25) is 0 Å². The zero-order valence-electron chi connectivity index (χ0n) is 17.4. The van der Waals surface area contributed by atoms with Crippen LogP contribution in [-0.2, 0) is 32.5 Å². The Morgan fingerprint density at radius 2 is 1.42 bits per heavy atom. The van der Waals surface area contributed by atoms with E-state index in [1.54, 1.807) is 6.08 Å². The van der Waals surface area contributed by atoms with E-state index in [9.17, 15) is 13.2 Å². The molecule has 0 N–H and O–H groups in total. The molecule has 31 heavy (non-hydrogen) atoms. The minimum Gasteiger partial charge on any atom is -0.438 e. The van der Waals surface area contributed by atoms with Gasteiger partial charge in [-0.2, -0.15) is 0 Å². The fourth-order valence-corrected chi connectivity index (χ4v) is 6.18. The van der Waals surface area contributed by atoms with E-state index in [-0.39, 0.29) is 4.91 Å². The van der Waals surface area contributed by atoms with Crippen molar-refractivity contribution in [2.75, 3.05) is 0 Å². The molecule has 2 aromatic carbocycles. The summed E-state index contributed by atoms with van der Waals surface area (Å²) in [5, 5.41) is 0. The summed E-state index contributed by atoms with van der Waals surface area (Å²) in [6.07, 6.45) is 8.14. The van der Waals surface area contributed by atoms with Gasteiger partial charge >= 0.3 is 5.97 Å². The largest absolute Gasteiger partial charge is 0.438 e. The minimum absolute atomic E-state index is 0.231. The summed E-state index contributed by atoms with van der Waals surface area (Å²) in [6.45, 7) is 1.33. The van der Waals surface area contributed by atoms with Crippen LogP contribution in [0, 0.1) is 0 Å². The van der Waals surface area contributed by atoms with Gasteiger partial charge in [0.15, 0.2) is 4.91 Å². The van der Waals surface area contributed by atoms with E-state index in [0.717, 1.165) is 30.4 Å². The molecule has 2 aromatic rings. The first-order chi connectivity index (χ1) is 15.0. The Morgan fingerprint density at radius 3 is 1.97 bits per heavy atom. The lowest BCUT2D eigenvalue weighted by molar-refractivity contribution is -0.145. The average molecular weight is 438 g/mol. The van der Waals surface area contributed by atoms with E-state index < -0.39 is 20.7 Å². The van der Waals surface area contributed by atoms with Crippen LogP contribution < -0.4 is 0 Å². The fraction of sp³-hybridized carbons (Fsp3) is 0.320. The summed E-state index contributed by atoms with van der Waals surface area (Å²) in [7, 11) is -3.80. The first kappa shape index (κ1) is 21.4. The van der Waals surface area contributed by atoms with Gasteiger partial charge in [-0.25, -0.2) is 13.2 Å². The second-order valence-corrected chi connectivity index (χ2v) is 10.3. The van der Waals surface area contributed by atoms with Gasteiger partial charge < -0.3 is 9.64 Å². The topological polar surface area (TPSA) is 63.7 Å². The first-order valence-electron chi connectivity index (χ1n) is 10.7. The number of ether oxygens (including phenoxy) is 1. The third-order valence-electron chi connectivity index (χ3n) is 5.88. The van der Waals surface area contributed by atoms with Crippen molar-refractivity contribution in [1.82, 2.24) is 4.90 Å². The molecule has 1 saturated carbocycles. The van der Waals surface area contributed by atoms with Crippen LogP contribution in [0.5, 0.6) is 0 Å². The van der Waals surface area contributed by atoms with Crippen molar-refractivity contribution in [1.29, 1.82) is 0 Å². The second kappa shape index (κ2) is 9.10. The molecule has 5 nitrogen and oxygen atoms in total. The summed E-state index contributed by atoms with van der Waals surface area (Å²) in [5.74, 6) is -0.732. The van der Waals surface area contributed by atoms with E-state index in [1.165, 1.54) is 6.08 Å². The maximum Gasteiger partial charge on any atom is 0.351 e. The van der Waals surface area contributed by atoms with Crippen molar-refractivity contribution in [3.05, 3.63) is 95.0 Å². The van der Waals surface area contributed by atoms with Crippen molar-refractivity contribution in [3.63, 3.8) is 0 Å². The lowest BCUT2D eigenvalue weighted by Gasteiger charge is -2.29. The minimum atomic E-state index is -3.80. The summed E-state index contributed by atoms with van der Waals surface area (Å²) in [6, 6.07) is 20.1. The normalized spacial score (nSPS) is 20.9. The Morgan fingerprint density at radius 1 is 0.871 bits per heavy atom. The SMILES string of the molecule is O=C1OC2(CCCCC2)S(=O)(=O)/C1=C/C=C/N(Cc1ccccc1)Cc1ccccc1. The molecular weight excluding hydrogens is 410 g/mol. The molecule has 1 heterocycles. The molecule has 6 heteroatoms. The van der Waals surface area contributed by atoms with Crippen molar-refractivity contribution in [3.8, 4) is 0 Å². The molecule has 1 spiro atoms. The molecule has 2 aliphatic rings. The molecule has 0 unspecified atom stereocenters. The number of sulfone groups is 1. The Hall–Kier alpha value is -2.86. The summed E-state index contributed by atoms with van der Waals surface area (Å²) in [5.41, 5.74) is 2.29. The Kier molecular flexibility index (Phi) is 6.28. The number of esters is 1. The smallest absolute Gasteiger partial charge is 0.351 e. The van der Waals surface area contributed by atoms with Crippen LogP contribution >= 0.6 is 0 Å². The number of nitrogens with zero attached hydrogens (tertiary/aromatic N) is 1. The van der Waals surface area contributed by atoms with Crippen LogP contribution in [0.1, 0.15) is 43.2 Å².